The molecule has 3 heteroatoms. The first-order valence-corrected chi connectivity index (χ1v) is 11.5. The molecule has 26 heavy (non-hydrogen) atoms. The van der Waals surface area contributed by atoms with Crippen LogP contribution in [0.4, 0.5) is 0 Å². The fourth-order valence-electron chi connectivity index (χ4n) is 3.63. The molecule has 1 unspecified atom stereocenters. The summed E-state index contributed by atoms with van der Waals surface area (Å²) in [7, 11) is 0. The molecule has 0 aromatic carbocycles. The van der Waals surface area contributed by atoms with Gasteiger partial charge in [-0.25, -0.2) is 0 Å². The third-order valence-corrected chi connectivity index (χ3v) is 5.33. The highest BCUT2D eigenvalue weighted by atomic mass is 16.1. The van der Waals surface area contributed by atoms with Gasteiger partial charge < -0.3 is 10.6 Å². The molecule has 0 aliphatic carbocycles. The Balaban J connectivity index is 1.78. The van der Waals surface area contributed by atoms with E-state index in [1.165, 1.54) is 83.5 Å². The van der Waals surface area contributed by atoms with Crippen molar-refractivity contribution in [3.05, 3.63) is 12.2 Å². The maximum absolute atomic E-state index is 11.9. The molecule has 1 aliphatic heterocycles. The van der Waals surface area contributed by atoms with Crippen LogP contribution in [0.2, 0.25) is 0 Å². The molecule has 3 nitrogen and oxygen atoms in total. The topological polar surface area (TPSA) is 41.1 Å². The molecule has 0 saturated carbocycles. The zero-order chi connectivity index (χ0) is 18.7. The van der Waals surface area contributed by atoms with Crippen LogP contribution >= 0.6 is 0 Å². The van der Waals surface area contributed by atoms with Gasteiger partial charge in [-0.3, -0.25) is 4.79 Å². The van der Waals surface area contributed by atoms with E-state index in [2.05, 4.69) is 29.7 Å². The van der Waals surface area contributed by atoms with Gasteiger partial charge in [-0.2, -0.15) is 0 Å². The lowest BCUT2D eigenvalue weighted by Crippen LogP contribution is -2.45. The lowest BCUT2D eigenvalue weighted by molar-refractivity contribution is -0.122. The van der Waals surface area contributed by atoms with Gasteiger partial charge in [0, 0.05) is 19.0 Å². The monoisotopic (exact) mass is 364 g/mol. The predicted octanol–water partition coefficient (Wildman–Crippen LogP) is 5.89. The van der Waals surface area contributed by atoms with Crippen molar-refractivity contribution in [2.75, 3.05) is 13.1 Å². The summed E-state index contributed by atoms with van der Waals surface area (Å²) in [5.74, 6) is 0.247. The molecule has 0 bridgehead atoms. The van der Waals surface area contributed by atoms with E-state index in [1.807, 2.05) is 0 Å². The number of carbonyl (C=O) groups excluding carboxylic acids is 1. The standard InChI is InChI=1S/C23H44N2O/c1-2-3-4-5-6-7-8-9-10-11-12-13-14-15-16-19-23(26)25-22-18-17-20-24-21-22/h9-10,22,24H,2-8,11-21H2,1H3,(H,25,26)/b10-9-. The maximum atomic E-state index is 11.9. The van der Waals surface area contributed by atoms with Crippen molar-refractivity contribution in [2.45, 2.75) is 116 Å². The third kappa shape index (κ3) is 14.4. The molecule has 1 saturated heterocycles. The van der Waals surface area contributed by atoms with Gasteiger partial charge in [0.25, 0.3) is 0 Å². The first-order valence-electron chi connectivity index (χ1n) is 11.5. The Labute approximate surface area is 162 Å². The van der Waals surface area contributed by atoms with Crippen LogP contribution in [0.3, 0.4) is 0 Å². The van der Waals surface area contributed by atoms with Crippen LogP contribution in [0.25, 0.3) is 0 Å². The first-order chi connectivity index (χ1) is 12.8. The summed E-state index contributed by atoms with van der Waals surface area (Å²) in [5, 5.41) is 6.50. The van der Waals surface area contributed by atoms with E-state index in [4.69, 9.17) is 0 Å². The van der Waals surface area contributed by atoms with E-state index < -0.39 is 0 Å². The van der Waals surface area contributed by atoms with Crippen molar-refractivity contribution in [1.29, 1.82) is 0 Å². The Morgan fingerprint density at radius 3 is 2.15 bits per heavy atom. The van der Waals surface area contributed by atoms with E-state index >= 15 is 0 Å². The van der Waals surface area contributed by atoms with Crippen LogP contribution in [0.15, 0.2) is 12.2 Å². The normalized spacial score (nSPS) is 17.7. The number of piperidine rings is 1. The summed E-state index contributed by atoms with van der Waals surface area (Å²) < 4.78 is 0. The molecular weight excluding hydrogens is 320 g/mol. The molecule has 0 radical (unpaired) electrons. The summed E-state index contributed by atoms with van der Waals surface area (Å²) in [6.07, 6.45) is 24.7. The molecule has 2 N–H and O–H groups in total. The summed E-state index contributed by atoms with van der Waals surface area (Å²) >= 11 is 0. The summed E-state index contributed by atoms with van der Waals surface area (Å²) in [5.41, 5.74) is 0. The molecule has 0 spiro atoms. The lowest BCUT2D eigenvalue weighted by Gasteiger charge is -2.23. The SMILES string of the molecule is CCCCCCCC/C=C\CCCCCCCC(=O)NC1CCCNC1. The second-order valence-corrected chi connectivity index (χ2v) is 7.95. The largest absolute Gasteiger partial charge is 0.352 e. The minimum absolute atomic E-state index is 0.247. The molecule has 1 heterocycles. The smallest absolute Gasteiger partial charge is 0.220 e. The summed E-state index contributed by atoms with van der Waals surface area (Å²) in [6.45, 7) is 4.31. The highest BCUT2D eigenvalue weighted by molar-refractivity contribution is 5.76. The average molecular weight is 365 g/mol. The van der Waals surface area contributed by atoms with Gasteiger partial charge in [0.1, 0.15) is 0 Å². The Hall–Kier alpha value is -0.830. The molecule has 1 fully saturated rings. The maximum Gasteiger partial charge on any atom is 0.220 e. The van der Waals surface area contributed by atoms with Crippen molar-refractivity contribution >= 4 is 5.91 Å². The van der Waals surface area contributed by atoms with Gasteiger partial charge in [0.05, 0.1) is 0 Å². The molecule has 1 atom stereocenters. The van der Waals surface area contributed by atoms with Crippen molar-refractivity contribution in [3.63, 3.8) is 0 Å². The Kier molecular flexibility index (Phi) is 15.7. The van der Waals surface area contributed by atoms with E-state index in [1.54, 1.807) is 0 Å². The molecule has 1 rings (SSSR count). The van der Waals surface area contributed by atoms with E-state index in [0.717, 1.165) is 25.9 Å². The van der Waals surface area contributed by atoms with Gasteiger partial charge in [0.15, 0.2) is 0 Å². The van der Waals surface area contributed by atoms with Crippen LogP contribution in [0, 0.1) is 0 Å². The zero-order valence-electron chi connectivity index (χ0n) is 17.4. The first kappa shape index (κ1) is 23.2. The second-order valence-electron chi connectivity index (χ2n) is 7.95. The van der Waals surface area contributed by atoms with Crippen molar-refractivity contribution in [1.82, 2.24) is 10.6 Å². The quantitative estimate of drug-likeness (QED) is 0.265. The van der Waals surface area contributed by atoms with Gasteiger partial charge >= 0.3 is 0 Å². The third-order valence-electron chi connectivity index (χ3n) is 5.33. The highest BCUT2D eigenvalue weighted by Crippen LogP contribution is 2.10. The van der Waals surface area contributed by atoms with Gasteiger partial charge in [0.2, 0.25) is 5.91 Å². The number of hydrogen-bond acceptors (Lipinski definition) is 2. The predicted molar refractivity (Wildman–Crippen MR) is 113 cm³/mol. The van der Waals surface area contributed by atoms with Crippen LogP contribution in [0.1, 0.15) is 110 Å². The number of unbranched alkanes of at least 4 members (excludes halogenated alkanes) is 11. The molecule has 1 aliphatic rings. The zero-order valence-corrected chi connectivity index (χ0v) is 17.4. The van der Waals surface area contributed by atoms with E-state index in [-0.39, 0.29) is 5.91 Å². The number of allylic oxidation sites excluding steroid dienone is 2. The Bertz CT molecular complexity index is 348. The molecule has 0 aromatic rings. The molecule has 0 aromatic heterocycles. The number of nitrogens with one attached hydrogen (secondary N) is 2. The summed E-state index contributed by atoms with van der Waals surface area (Å²) in [4.78, 5) is 11.9. The number of carbonyl (C=O) groups is 1. The second kappa shape index (κ2) is 17.6. The Morgan fingerprint density at radius 2 is 1.54 bits per heavy atom. The van der Waals surface area contributed by atoms with E-state index in [9.17, 15) is 4.79 Å². The van der Waals surface area contributed by atoms with Crippen LogP contribution in [-0.2, 0) is 4.79 Å². The number of amides is 1. The summed E-state index contributed by atoms with van der Waals surface area (Å²) in [6, 6.07) is 0.361. The van der Waals surface area contributed by atoms with Crippen molar-refractivity contribution < 1.29 is 4.79 Å². The number of rotatable bonds is 16. The minimum Gasteiger partial charge on any atom is -0.352 e. The molecular formula is C23H44N2O. The van der Waals surface area contributed by atoms with Gasteiger partial charge in [-0.1, -0.05) is 70.4 Å². The lowest BCUT2D eigenvalue weighted by atomic mass is 10.1. The fourth-order valence-corrected chi connectivity index (χ4v) is 3.63. The van der Waals surface area contributed by atoms with Gasteiger partial charge in [-0.15, -0.1) is 0 Å². The minimum atomic E-state index is 0.247. The fraction of sp³-hybridized carbons (Fsp3) is 0.870. The van der Waals surface area contributed by atoms with Crippen LogP contribution < -0.4 is 10.6 Å². The van der Waals surface area contributed by atoms with E-state index in [0.29, 0.717) is 12.5 Å². The molecule has 1 amide bonds. The highest BCUT2D eigenvalue weighted by Gasteiger charge is 2.14. The van der Waals surface area contributed by atoms with Crippen LogP contribution in [0.5, 0.6) is 0 Å². The Morgan fingerprint density at radius 1 is 0.923 bits per heavy atom. The number of hydrogen-bond donors (Lipinski definition) is 2. The van der Waals surface area contributed by atoms with Crippen LogP contribution in [-0.4, -0.2) is 25.0 Å². The van der Waals surface area contributed by atoms with Crippen molar-refractivity contribution in [3.8, 4) is 0 Å². The average Bonchev–Trinajstić information content (AvgIpc) is 2.65. The van der Waals surface area contributed by atoms with Gasteiger partial charge in [-0.05, 0) is 51.5 Å². The van der Waals surface area contributed by atoms with Crippen molar-refractivity contribution in [2.24, 2.45) is 0 Å². The molecule has 152 valence electrons.